The van der Waals surface area contributed by atoms with E-state index in [4.69, 9.17) is 26.0 Å². The second-order valence-corrected chi connectivity index (χ2v) is 5.04. The first kappa shape index (κ1) is 14.4. The Morgan fingerprint density at radius 1 is 1.40 bits per heavy atom. The van der Waals surface area contributed by atoms with Gasteiger partial charge in [-0.2, -0.15) is 0 Å². The summed E-state index contributed by atoms with van der Waals surface area (Å²) in [6.45, 7) is 4.01. The number of benzene rings is 1. The highest BCUT2D eigenvalue weighted by Gasteiger charge is 2.20. The van der Waals surface area contributed by atoms with E-state index >= 15 is 0 Å². The zero-order valence-corrected chi connectivity index (χ0v) is 12.1. The summed E-state index contributed by atoms with van der Waals surface area (Å²) in [5.41, 5.74) is 2.04. The fraction of sp³-hybridized carbons (Fsp3) is 0.286. The Bertz CT molecular complexity index is 649. The fourth-order valence-corrected chi connectivity index (χ4v) is 2.28. The molecule has 0 amide bonds. The number of hydrogen-bond acceptors (Lipinski definition) is 4. The van der Waals surface area contributed by atoms with Crippen LogP contribution in [0.1, 0.15) is 35.9 Å². The van der Waals surface area contributed by atoms with E-state index in [0.29, 0.717) is 22.0 Å². The van der Waals surface area contributed by atoms with Crippen LogP contribution < -0.4 is 4.74 Å². The first-order chi connectivity index (χ1) is 9.43. The summed E-state index contributed by atoms with van der Waals surface area (Å²) >= 11 is 6.07. The Hall–Kier alpha value is -2.01. The van der Waals surface area contributed by atoms with Gasteiger partial charge in [0.05, 0.1) is 7.11 Å². The third-order valence-corrected chi connectivity index (χ3v) is 3.12. The fourth-order valence-electron chi connectivity index (χ4n) is 2.07. The van der Waals surface area contributed by atoms with Crippen molar-refractivity contribution in [3.8, 4) is 17.0 Å². The maximum Gasteiger partial charge on any atom is 0.374 e. The zero-order valence-electron chi connectivity index (χ0n) is 11.3. The lowest BCUT2D eigenvalue weighted by Gasteiger charge is -2.16. The van der Waals surface area contributed by atoms with Gasteiger partial charge in [-0.1, -0.05) is 30.6 Å². The maximum absolute atomic E-state index is 10.9. The van der Waals surface area contributed by atoms with Crippen molar-refractivity contribution in [3.63, 3.8) is 0 Å². The molecule has 6 heteroatoms. The SMILES string of the molecule is COc1cc(Cl)cc(-c2cc(C(=O)O)on2)c1C(C)C. The van der Waals surface area contributed by atoms with E-state index in [1.54, 1.807) is 19.2 Å². The van der Waals surface area contributed by atoms with E-state index in [2.05, 4.69) is 5.16 Å². The first-order valence-corrected chi connectivity index (χ1v) is 6.39. The van der Waals surface area contributed by atoms with Gasteiger partial charge in [0.1, 0.15) is 11.4 Å². The second-order valence-electron chi connectivity index (χ2n) is 4.61. The molecular weight excluding hydrogens is 282 g/mol. The van der Waals surface area contributed by atoms with Gasteiger partial charge < -0.3 is 14.4 Å². The molecule has 2 aromatic rings. The highest BCUT2D eigenvalue weighted by Crippen LogP contribution is 2.38. The molecule has 0 aliphatic heterocycles. The molecule has 0 aliphatic rings. The minimum absolute atomic E-state index is 0.155. The number of halogens is 1. The standard InChI is InChI=1S/C14H14ClNO4/c1-7(2)13-9(4-8(15)5-11(13)19-3)10-6-12(14(17)18)20-16-10/h4-7H,1-3H3,(H,17,18). The number of carboxylic acid groups (broad SMARTS) is 1. The van der Waals surface area contributed by atoms with Gasteiger partial charge in [-0.15, -0.1) is 0 Å². The van der Waals surface area contributed by atoms with Gasteiger partial charge in [0.25, 0.3) is 0 Å². The van der Waals surface area contributed by atoms with Gasteiger partial charge in [-0.25, -0.2) is 4.79 Å². The molecule has 0 radical (unpaired) electrons. The second kappa shape index (κ2) is 5.54. The van der Waals surface area contributed by atoms with Gasteiger partial charge in [0.2, 0.25) is 5.76 Å². The number of carboxylic acids is 1. The summed E-state index contributed by atoms with van der Waals surface area (Å²) < 4.78 is 10.1. The molecule has 0 bridgehead atoms. The van der Waals surface area contributed by atoms with Crippen LogP contribution in [0.25, 0.3) is 11.3 Å². The van der Waals surface area contributed by atoms with E-state index in [1.807, 2.05) is 13.8 Å². The first-order valence-electron chi connectivity index (χ1n) is 6.01. The molecule has 0 fully saturated rings. The number of hydrogen-bond donors (Lipinski definition) is 1. The van der Waals surface area contributed by atoms with Crippen LogP contribution in [0.3, 0.4) is 0 Å². The van der Waals surface area contributed by atoms with Crippen molar-refractivity contribution in [1.82, 2.24) is 5.16 Å². The Morgan fingerprint density at radius 3 is 2.60 bits per heavy atom. The molecule has 0 spiro atoms. The zero-order chi connectivity index (χ0) is 14.9. The highest BCUT2D eigenvalue weighted by molar-refractivity contribution is 6.31. The summed E-state index contributed by atoms with van der Waals surface area (Å²) in [7, 11) is 1.56. The maximum atomic E-state index is 10.9. The minimum Gasteiger partial charge on any atom is -0.496 e. The van der Waals surface area contributed by atoms with Gasteiger partial charge in [0, 0.05) is 22.2 Å². The number of aromatic nitrogens is 1. The summed E-state index contributed by atoms with van der Waals surface area (Å²) in [6, 6.07) is 4.82. The number of carbonyl (C=O) groups is 1. The number of nitrogens with zero attached hydrogens (tertiary/aromatic N) is 1. The number of ether oxygens (including phenoxy) is 1. The van der Waals surface area contributed by atoms with Gasteiger partial charge in [0.15, 0.2) is 0 Å². The van der Waals surface area contributed by atoms with Crippen LogP contribution in [-0.4, -0.2) is 23.3 Å². The van der Waals surface area contributed by atoms with Crippen LogP contribution in [0.2, 0.25) is 5.02 Å². The van der Waals surface area contributed by atoms with Gasteiger partial charge in [-0.3, -0.25) is 0 Å². The smallest absolute Gasteiger partial charge is 0.374 e. The molecule has 5 nitrogen and oxygen atoms in total. The Labute approximate surface area is 121 Å². The monoisotopic (exact) mass is 295 g/mol. The van der Waals surface area contributed by atoms with Crippen molar-refractivity contribution < 1.29 is 19.2 Å². The number of methoxy groups -OCH3 is 1. The molecule has 0 aliphatic carbocycles. The summed E-state index contributed by atoms with van der Waals surface area (Å²) in [5.74, 6) is -0.581. The van der Waals surface area contributed by atoms with Crippen LogP contribution in [0.4, 0.5) is 0 Å². The minimum atomic E-state index is -1.16. The molecule has 20 heavy (non-hydrogen) atoms. The van der Waals surface area contributed by atoms with Crippen molar-refractivity contribution in [2.45, 2.75) is 19.8 Å². The molecule has 1 aromatic carbocycles. The predicted octanol–water partition coefficient (Wildman–Crippen LogP) is 3.83. The molecule has 0 saturated heterocycles. The molecular formula is C14H14ClNO4. The molecule has 2 rings (SSSR count). The topological polar surface area (TPSA) is 72.6 Å². The van der Waals surface area contributed by atoms with E-state index in [1.165, 1.54) is 6.07 Å². The summed E-state index contributed by atoms with van der Waals surface area (Å²) in [6.07, 6.45) is 0. The van der Waals surface area contributed by atoms with Crippen molar-refractivity contribution in [2.24, 2.45) is 0 Å². The van der Waals surface area contributed by atoms with Crippen molar-refractivity contribution in [1.29, 1.82) is 0 Å². The van der Waals surface area contributed by atoms with Crippen LogP contribution in [0.5, 0.6) is 5.75 Å². The van der Waals surface area contributed by atoms with E-state index < -0.39 is 5.97 Å². The van der Waals surface area contributed by atoms with Crippen molar-refractivity contribution >= 4 is 17.6 Å². The summed E-state index contributed by atoms with van der Waals surface area (Å²) in [5, 5.41) is 13.2. The van der Waals surface area contributed by atoms with Gasteiger partial charge >= 0.3 is 5.97 Å². The van der Waals surface area contributed by atoms with Crippen LogP contribution in [0.15, 0.2) is 22.7 Å². The molecule has 1 aromatic heterocycles. The number of aromatic carboxylic acids is 1. The van der Waals surface area contributed by atoms with Crippen LogP contribution >= 0.6 is 11.6 Å². The van der Waals surface area contributed by atoms with Crippen molar-refractivity contribution in [3.05, 3.63) is 34.5 Å². The summed E-state index contributed by atoms with van der Waals surface area (Å²) in [4.78, 5) is 10.9. The number of rotatable bonds is 4. The lowest BCUT2D eigenvalue weighted by molar-refractivity contribution is 0.0652. The third-order valence-electron chi connectivity index (χ3n) is 2.90. The van der Waals surface area contributed by atoms with Gasteiger partial charge in [-0.05, 0) is 18.1 Å². The Kier molecular flexibility index (Phi) is 3.99. The normalized spacial score (nSPS) is 10.8. The molecule has 0 atom stereocenters. The largest absolute Gasteiger partial charge is 0.496 e. The average molecular weight is 296 g/mol. The van der Waals surface area contributed by atoms with E-state index in [9.17, 15) is 4.79 Å². The lowest BCUT2D eigenvalue weighted by atomic mass is 9.94. The predicted molar refractivity (Wildman–Crippen MR) is 74.5 cm³/mol. The third kappa shape index (κ3) is 2.63. The molecule has 0 saturated carbocycles. The molecule has 106 valence electrons. The van der Waals surface area contributed by atoms with E-state index in [-0.39, 0.29) is 11.7 Å². The van der Waals surface area contributed by atoms with E-state index in [0.717, 1.165) is 5.56 Å². The Balaban J connectivity index is 2.64. The molecule has 0 unspecified atom stereocenters. The highest BCUT2D eigenvalue weighted by atomic mass is 35.5. The molecule has 1 heterocycles. The van der Waals surface area contributed by atoms with Crippen molar-refractivity contribution in [2.75, 3.05) is 7.11 Å². The molecule has 1 N–H and O–H groups in total. The average Bonchev–Trinajstić information content (AvgIpc) is 2.86. The lowest BCUT2D eigenvalue weighted by Crippen LogP contribution is -1.98. The van der Waals surface area contributed by atoms with Crippen LogP contribution in [0, 0.1) is 0 Å². The quantitative estimate of drug-likeness (QED) is 0.928. The Morgan fingerprint density at radius 2 is 2.10 bits per heavy atom. The van der Waals surface area contributed by atoms with Crippen LogP contribution in [-0.2, 0) is 0 Å².